The van der Waals surface area contributed by atoms with E-state index >= 15 is 0 Å². The summed E-state index contributed by atoms with van der Waals surface area (Å²) in [5.41, 5.74) is 6.59. The maximum Gasteiger partial charge on any atom is 0.327 e. The second-order valence-corrected chi connectivity index (χ2v) is 8.24. The van der Waals surface area contributed by atoms with E-state index in [-0.39, 0.29) is 27.7 Å². The quantitative estimate of drug-likeness (QED) is 0.477. The number of hydrogen-bond donors (Lipinski definition) is 3. The molecular formula is C16H25N3O7S. The van der Waals surface area contributed by atoms with E-state index in [1.807, 2.05) is 6.07 Å². The first-order chi connectivity index (χ1) is 11.2. The number of carbonyl (C=O) groups is 3. The Hall–Kier alpha value is -2.18. The van der Waals surface area contributed by atoms with E-state index in [1.165, 1.54) is 16.7 Å². The summed E-state index contributed by atoms with van der Waals surface area (Å²) in [5.74, 6) is -1.86. The minimum Gasteiger partial charge on any atom is -0.480 e. The first-order valence-electron chi connectivity index (χ1n) is 7.58. The predicted octanol–water partition coefficient (Wildman–Crippen LogP) is -2.16. The van der Waals surface area contributed by atoms with Gasteiger partial charge in [-0.3, -0.25) is 9.59 Å². The molecule has 11 heteroatoms. The summed E-state index contributed by atoms with van der Waals surface area (Å²) in [6.45, 7) is 3.58. The molecule has 1 aromatic carbocycles. The molecule has 2 amide bonds. The summed E-state index contributed by atoms with van der Waals surface area (Å²) >= 11 is 1.38. The molecule has 0 spiro atoms. The van der Waals surface area contributed by atoms with Gasteiger partial charge in [-0.2, -0.15) is 0 Å². The van der Waals surface area contributed by atoms with Crippen molar-refractivity contribution >= 4 is 29.5 Å². The van der Waals surface area contributed by atoms with Crippen molar-refractivity contribution in [3.63, 3.8) is 0 Å². The zero-order valence-corrected chi connectivity index (χ0v) is 15.6. The molecule has 3 rings (SSSR count). The summed E-state index contributed by atoms with van der Waals surface area (Å²) < 4.78 is -0.618. The predicted molar refractivity (Wildman–Crippen MR) is 99.9 cm³/mol. The first kappa shape index (κ1) is 24.8. The molecule has 4 atom stereocenters. The van der Waals surface area contributed by atoms with E-state index in [2.05, 4.69) is 5.32 Å². The lowest BCUT2D eigenvalue weighted by Gasteiger charge is -2.43. The van der Waals surface area contributed by atoms with Crippen LogP contribution < -0.4 is 11.1 Å². The van der Waals surface area contributed by atoms with Crippen molar-refractivity contribution in [2.75, 3.05) is 0 Å². The fraction of sp³-hybridized carbons (Fsp3) is 0.438. The highest BCUT2D eigenvalue weighted by Gasteiger charge is 2.64. The Labute approximate surface area is 160 Å². The van der Waals surface area contributed by atoms with Gasteiger partial charge in [-0.25, -0.2) is 4.79 Å². The molecule has 10 N–H and O–H groups in total. The van der Waals surface area contributed by atoms with Gasteiger partial charge in [0.2, 0.25) is 11.8 Å². The molecule has 0 radical (unpaired) electrons. The van der Waals surface area contributed by atoms with E-state index in [0.29, 0.717) is 5.56 Å². The summed E-state index contributed by atoms with van der Waals surface area (Å²) in [6.07, 6.45) is 0. The third-order valence-corrected chi connectivity index (χ3v) is 5.99. The Morgan fingerprint density at radius 2 is 1.78 bits per heavy atom. The Kier molecular flexibility index (Phi) is 7.97. The van der Waals surface area contributed by atoms with Gasteiger partial charge < -0.3 is 37.5 Å². The summed E-state index contributed by atoms with van der Waals surface area (Å²) in [4.78, 5) is 37.5. The Bertz CT molecular complexity index is 701. The number of thioether (sulfide) groups is 1. The first-order valence-corrected chi connectivity index (χ1v) is 8.45. The molecule has 27 heavy (non-hydrogen) atoms. The molecule has 0 bridgehead atoms. The smallest absolute Gasteiger partial charge is 0.327 e. The van der Waals surface area contributed by atoms with E-state index in [9.17, 15) is 19.5 Å². The van der Waals surface area contributed by atoms with Crippen LogP contribution in [-0.4, -0.2) is 66.4 Å². The summed E-state index contributed by atoms with van der Waals surface area (Å²) in [7, 11) is 0. The van der Waals surface area contributed by atoms with E-state index in [0.717, 1.165) is 0 Å². The van der Waals surface area contributed by atoms with Gasteiger partial charge in [0.1, 0.15) is 23.5 Å². The number of carboxylic acid groups (broad SMARTS) is 1. The van der Waals surface area contributed by atoms with Crippen molar-refractivity contribution in [2.45, 2.75) is 42.1 Å². The van der Waals surface area contributed by atoms with Gasteiger partial charge in [0, 0.05) is 4.75 Å². The Morgan fingerprint density at radius 1 is 1.22 bits per heavy atom. The number of nitrogens with two attached hydrogens (primary N) is 1. The summed E-state index contributed by atoms with van der Waals surface area (Å²) in [6, 6.07) is 6.38. The fourth-order valence-corrected chi connectivity index (χ4v) is 4.83. The molecular weight excluding hydrogens is 378 g/mol. The van der Waals surface area contributed by atoms with Crippen LogP contribution in [0.15, 0.2) is 30.3 Å². The lowest BCUT2D eigenvalue weighted by atomic mass is 9.95. The highest BCUT2D eigenvalue weighted by atomic mass is 32.2. The number of nitrogens with one attached hydrogen (secondary N) is 1. The Balaban J connectivity index is 0.00000225. The summed E-state index contributed by atoms with van der Waals surface area (Å²) in [5, 5.41) is 11.7. The third kappa shape index (κ3) is 4.06. The Morgan fingerprint density at radius 3 is 2.30 bits per heavy atom. The van der Waals surface area contributed by atoms with Crippen LogP contribution in [0.1, 0.15) is 25.5 Å². The number of aliphatic carboxylic acids is 1. The van der Waals surface area contributed by atoms with Crippen molar-refractivity contribution in [3.8, 4) is 0 Å². The zero-order chi connectivity index (χ0) is 17.6. The van der Waals surface area contributed by atoms with Crippen LogP contribution in [0.2, 0.25) is 0 Å². The van der Waals surface area contributed by atoms with Crippen LogP contribution in [0, 0.1) is 0 Å². The van der Waals surface area contributed by atoms with Gasteiger partial charge in [-0.05, 0) is 19.4 Å². The van der Waals surface area contributed by atoms with Crippen LogP contribution in [-0.2, 0) is 14.4 Å². The van der Waals surface area contributed by atoms with E-state index in [1.54, 1.807) is 38.1 Å². The zero-order valence-electron chi connectivity index (χ0n) is 14.8. The molecule has 0 aromatic heterocycles. The molecule has 152 valence electrons. The molecule has 1 unspecified atom stereocenters. The van der Waals surface area contributed by atoms with Crippen LogP contribution in [0.25, 0.3) is 0 Å². The van der Waals surface area contributed by atoms with Gasteiger partial charge in [0.25, 0.3) is 0 Å². The minimum atomic E-state index is -1.03. The molecule has 2 saturated heterocycles. The number of nitrogens with zero attached hydrogens (tertiary/aromatic N) is 1. The third-order valence-electron chi connectivity index (χ3n) is 4.41. The minimum absolute atomic E-state index is 0. The van der Waals surface area contributed by atoms with Crippen molar-refractivity contribution in [2.24, 2.45) is 5.73 Å². The number of carbonyl (C=O) groups excluding carboxylic acids is 2. The van der Waals surface area contributed by atoms with Crippen molar-refractivity contribution in [3.05, 3.63) is 35.9 Å². The van der Waals surface area contributed by atoms with Crippen LogP contribution in [0.5, 0.6) is 0 Å². The van der Waals surface area contributed by atoms with Crippen molar-refractivity contribution < 1.29 is 35.9 Å². The van der Waals surface area contributed by atoms with Crippen LogP contribution in [0.3, 0.4) is 0 Å². The van der Waals surface area contributed by atoms with Gasteiger partial charge in [-0.1, -0.05) is 30.3 Å². The molecule has 1 aromatic rings. The average molecular weight is 403 g/mol. The highest BCUT2D eigenvalue weighted by Crippen LogP contribution is 2.50. The van der Waals surface area contributed by atoms with Gasteiger partial charge >= 0.3 is 5.97 Å². The van der Waals surface area contributed by atoms with Crippen molar-refractivity contribution in [1.82, 2.24) is 10.2 Å². The maximum absolute atomic E-state index is 12.3. The monoisotopic (exact) mass is 403 g/mol. The van der Waals surface area contributed by atoms with Crippen molar-refractivity contribution in [1.29, 1.82) is 0 Å². The fourth-order valence-electron chi connectivity index (χ4n) is 3.20. The second-order valence-electron chi connectivity index (χ2n) is 6.47. The number of β-lactam (4-membered cyclic amide) rings is 1. The second kappa shape index (κ2) is 8.67. The molecule has 2 aliphatic rings. The van der Waals surface area contributed by atoms with Gasteiger partial charge in [-0.15, -0.1) is 11.8 Å². The molecule has 2 fully saturated rings. The molecule has 2 aliphatic heterocycles. The number of amides is 2. The van der Waals surface area contributed by atoms with Gasteiger partial charge in [0.05, 0.1) is 0 Å². The topological polar surface area (TPSA) is 207 Å². The van der Waals surface area contributed by atoms with Crippen LogP contribution >= 0.6 is 11.8 Å². The standard InChI is InChI=1S/C16H19N3O4S.3H2O/c1-16(2)11(15(22)23)19-13(21)10(14(19)24-16)18-12(20)9(17)8-6-4-3-5-7-8;;;/h3-7,9-11,14H,17H2,1-2H3,(H,18,20)(H,22,23);3*1H2/t9?,10-,11+,14-;;;/m1.../s1. The van der Waals surface area contributed by atoms with Gasteiger partial charge in [0.15, 0.2) is 0 Å². The normalized spacial score (nSPS) is 25.5. The lowest BCUT2D eigenvalue weighted by Crippen LogP contribution is -2.71. The molecule has 2 heterocycles. The maximum atomic E-state index is 12.3. The number of benzene rings is 1. The number of hydrogen-bond acceptors (Lipinski definition) is 5. The lowest BCUT2D eigenvalue weighted by molar-refractivity contribution is -0.161. The van der Waals surface area contributed by atoms with E-state index < -0.39 is 34.7 Å². The average Bonchev–Trinajstić information content (AvgIpc) is 2.80. The number of carboxylic acids is 1. The van der Waals surface area contributed by atoms with Crippen LogP contribution in [0.4, 0.5) is 0 Å². The highest BCUT2D eigenvalue weighted by molar-refractivity contribution is 8.01. The number of rotatable bonds is 4. The SMILES string of the molecule is CC1(C)S[C@@H]2[C@H](NC(=O)C(N)c3ccccc3)C(=O)N2[C@H]1C(=O)O.O.O.O. The number of fused-ring (bicyclic) bond motifs is 1. The molecule has 0 aliphatic carbocycles. The van der Waals surface area contributed by atoms with E-state index in [4.69, 9.17) is 5.73 Å². The molecule has 10 nitrogen and oxygen atoms in total. The largest absolute Gasteiger partial charge is 0.480 e. The molecule has 0 saturated carbocycles.